The molecule has 0 bridgehead atoms. The highest BCUT2D eigenvalue weighted by Crippen LogP contribution is 2.31. The van der Waals surface area contributed by atoms with Gasteiger partial charge in [-0.05, 0) is 55.2 Å². The topological polar surface area (TPSA) is 74.5 Å². The minimum absolute atomic E-state index is 0.0894. The van der Waals surface area contributed by atoms with Crippen LogP contribution in [0.3, 0.4) is 0 Å². The second kappa shape index (κ2) is 9.24. The molecular weight excluding hydrogens is 382 g/mol. The van der Waals surface area contributed by atoms with Crippen LogP contribution in [-0.4, -0.2) is 54.4 Å². The summed E-state index contributed by atoms with van der Waals surface area (Å²) in [4.78, 5) is 17.1. The third-order valence-corrected chi connectivity index (χ3v) is 6.36. The maximum atomic E-state index is 12.2. The van der Waals surface area contributed by atoms with E-state index < -0.39 is 0 Å². The van der Waals surface area contributed by atoms with Crippen LogP contribution in [0.5, 0.6) is 0 Å². The fraction of sp³-hybridized carbons (Fsp3) is 0.364. The standard InChI is InChI=1S/C22H27N5OS/c23-19-9-3-1-7-17(19)21(28)24-11-5-6-12-26-13-15-27(16-14-26)22-18-8-2-4-10-20(18)25-29-22/h1-4,7-10H,5-6,11-16,23H2,(H,24,28). The van der Waals surface area contributed by atoms with Gasteiger partial charge in [-0.3, -0.25) is 9.69 Å². The van der Waals surface area contributed by atoms with Crippen LogP contribution in [0.25, 0.3) is 10.9 Å². The van der Waals surface area contributed by atoms with Crippen LogP contribution >= 0.6 is 11.5 Å². The first kappa shape index (κ1) is 19.7. The fourth-order valence-electron chi connectivity index (χ4n) is 3.74. The SMILES string of the molecule is Nc1ccccc1C(=O)NCCCCN1CCN(c2snc3ccccc23)CC1. The largest absolute Gasteiger partial charge is 0.398 e. The van der Waals surface area contributed by atoms with Crippen LogP contribution in [0.4, 0.5) is 10.7 Å². The van der Waals surface area contributed by atoms with Crippen LogP contribution in [0, 0.1) is 0 Å². The predicted octanol–water partition coefficient (Wildman–Crippen LogP) is 3.21. The number of amides is 1. The lowest BCUT2D eigenvalue weighted by molar-refractivity contribution is 0.0953. The number of carbonyl (C=O) groups is 1. The fourth-order valence-corrected chi connectivity index (χ4v) is 4.65. The first-order valence-corrected chi connectivity index (χ1v) is 10.9. The van der Waals surface area contributed by atoms with Gasteiger partial charge in [-0.25, -0.2) is 0 Å². The summed E-state index contributed by atoms with van der Waals surface area (Å²) in [7, 11) is 0. The molecule has 4 rings (SSSR count). The van der Waals surface area contributed by atoms with Crippen molar-refractivity contribution in [2.45, 2.75) is 12.8 Å². The molecule has 0 spiro atoms. The van der Waals surface area contributed by atoms with Crippen molar-refractivity contribution in [2.24, 2.45) is 0 Å². The summed E-state index contributed by atoms with van der Waals surface area (Å²) >= 11 is 1.61. The number of nitrogens with two attached hydrogens (primary N) is 1. The van der Waals surface area contributed by atoms with Crippen LogP contribution in [0.15, 0.2) is 48.5 Å². The summed E-state index contributed by atoms with van der Waals surface area (Å²) in [5.41, 5.74) is 8.02. The molecule has 2 aromatic carbocycles. The van der Waals surface area contributed by atoms with Gasteiger partial charge in [-0.2, -0.15) is 4.37 Å². The first-order valence-electron chi connectivity index (χ1n) is 10.2. The molecule has 1 aliphatic rings. The van der Waals surface area contributed by atoms with E-state index in [0.717, 1.165) is 51.1 Å². The summed E-state index contributed by atoms with van der Waals surface area (Å²) in [6, 6.07) is 15.6. The van der Waals surface area contributed by atoms with Gasteiger partial charge in [0.15, 0.2) is 0 Å². The van der Waals surface area contributed by atoms with Crippen LogP contribution < -0.4 is 16.0 Å². The molecule has 1 amide bonds. The van der Waals surface area contributed by atoms with E-state index in [1.54, 1.807) is 23.7 Å². The van der Waals surface area contributed by atoms with Gasteiger partial charge in [0.2, 0.25) is 0 Å². The lowest BCUT2D eigenvalue weighted by Crippen LogP contribution is -2.46. The number of carbonyl (C=O) groups excluding carboxylic acids is 1. The minimum atomic E-state index is -0.0894. The summed E-state index contributed by atoms with van der Waals surface area (Å²) in [5, 5.41) is 5.53. The van der Waals surface area contributed by atoms with E-state index in [-0.39, 0.29) is 5.91 Å². The van der Waals surface area contributed by atoms with Gasteiger partial charge in [0, 0.05) is 43.8 Å². The summed E-state index contributed by atoms with van der Waals surface area (Å²) in [6.45, 7) is 5.96. The molecule has 1 saturated heterocycles. The molecule has 0 unspecified atom stereocenters. The van der Waals surface area contributed by atoms with Gasteiger partial charge >= 0.3 is 0 Å². The average molecular weight is 410 g/mol. The lowest BCUT2D eigenvalue weighted by Gasteiger charge is -2.35. The van der Waals surface area contributed by atoms with Crippen molar-refractivity contribution in [2.75, 3.05) is 49.9 Å². The van der Waals surface area contributed by atoms with Gasteiger partial charge in [-0.15, -0.1) is 0 Å². The molecule has 1 aliphatic heterocycles. The number of hydrogen-bond donors (Lipinski definition) is 2. The molecule has 0 radical (unpaired) electrons. The number of aromatic nitrogens is 1. The van der Waals surface area contributed by atoms with Crippen molar-refractivity contribution >= 4 is 39.0 Å². The van der Waals surface area contributed by atoms with Gasteiger partial charge in [0.25, 0.3) is 5.91 Å². The van der Waals surface area contributed by atoms with Gasteiger partial charge in [0.1, 0.15) is 5.00 Å². The maximum Gasteiger partial charge on any atom is 0.253 e. The molecule has 0 atom stereocenters. The maximum absolute atomic E-state index is 12.2. The Bertz CT molecular complexity index is 965. The number of unbranched alkanes of at least 4 members (excludes halogenated alkanes) is 1. The Balaban J connectivity index is 1.16. The number of fused-ring (bicyclic) bond motifs is 1. The Morgan fingerprint density at radius 2 is 1.79 bits per heavy atom. The van der Waals surface area contributed by atoms with E-state index in [1.807, 2.05) is 18.2 Å². The van der Waals surface area contributed by atoms with Crippen molar-refractivity contribution in [1.29, 1.82) is 0 Å². The van der Waals surface area contributed by atoms with Crippen molar-refractivity contribution < 1.29 is 4.79 Å². The second-order valence-electron chi connectivity index (χ2n) is 7.38. The van der Waals surface area contributed by atoms with E-state index in [9.17, 15) is 4.79 Å². The van der Waals surface area contributed by atoms with E-state index in [1.165, 1.54) is 10.4 Å². The zero-order valence-corrected chi connectivity index (χ0v) is 17.3. The summed E-state index contributed by atoms with van der Waals surface area (Å²) in [5.74, 6) is -0.0894. The highest BCUT2D eigenvalue weighted by atomic mass is 32.1. The molecule has 152 valence electrons. The van der Waals surface area contributed by atoms with Crippen molar-refractivity contribution in [3.05, 3.63) is 54.1 Å². The Labute approximate surface area is 175 Å². The zero-order chi connectivity index (χ0) is 20.1. The van der Waals surface area contributed by atoms with Gasteiger partial charge in [-0.1, -0.05) is 24.3 Å². The minimum Gasteiger partial charge on any atom is -0.398 e. The molecule has 3 N–H and O–H groups in total. The average Bonchev–Trinajstić information content (AvgIpc) is 3.18. The van der Waals surface area contributed by atoms with Crippen LogP contribution in [-0.2, 0) is 0 Å². The highest BCUT2D eigenvalue weighted by molar-refractivity contribution is 7.11. The molecular formula is C22H27N5OS. The van der Waals surface area contributed by atoms with E-state index in [0.29, 0.717) is 17.8 Å². The number of piperazine rings is 1. The number of hydrogen-bond acceptors (Lipinski definition) is 6. The number of nitrogens with one attached hydrogen (secondary N) is 1. The molecule has 6 nitrogen and oxygen atoms in total. The zero-order valence-electron chi connectivity index (χ0n) is 16.5. The monoisotopic (exact) mass is 409 g/mol. The molecule has 3 aromatic rings. The van der Waals surface area contributed by atoms with E-state index in [2.05, 4.69) is 37.7 Å². The third-order valence-electron chi connectivity index (χ3n) is 5.42. The van der Waals surface area contributed by atoms with E-state index >= 15 is 0 Å². The van der Waals surface area contributed by atoms with Gasteiger partial charge < -0.3 is 16.0 Å². The molecule has 7 heteroatoms. The molecule has 29 heavy (non-hydrogen) atoms. The summed E-state index contributed by atoms with van der Waals surface area (Å²) in [6.07, 6.45) is 2.05. The second-order valence-corrected chi connectivity index (χ2v) is 8.14. The highest BCUT2D eigenvalue weighted by Gasteiger charge is 2.20. The molecule has 1 fully saturated rings. The van der Waals surface area contributed by atoms with Crippen LogP contribution in [0.1, 0.15) is 23.2 Å². The number of benzene rings is 2. The Morgan fingerprint density at radius 3 is 2.62 bits per heavy atom. The third kappa shape index (κ3) is 4.68. The molecule has 0 aliphatic carbocycles. The predicted molar refractivity (Wildman–Crippen MR) is 121 cm³/mol. The number of nitrogens with zero attached hydrogens (tertiary/aromatic N) is 3. The van der Waals surface area contributed by atoms with Crippen molar-refractivity contribution in [1.82, 2.24) is 14.6 Å². The number of nitrogen functional groups attached to an aromatic ring is 1. The van der Waals surface area contributed by atoms with Crippen LogP contribution in [0.2, 0.25) is 0 Å². The first-order chi connectivity index (χ1) is 14.2. The molecule has 2 heterocycles. The Kier molecular flexibility index (Phi) is 6.27. The van der Waals surface area contributed by atoms with Crippen molar-refractivity contribution in [3.8, 4) is 0 Å². The molecule has 0 saturated carbocycles. The number of para-hydroxylation sites is 1. The number of anilines is 2. The smallest absolute Gasteiger partial charge is 0.253 e. The Hall–Kier alpha value is -2.64. The summed E-state index contributed by atoms with van der Waals surface area (Å²) < 4.78 is 4.57. The van der Waals surface area contributed by atoms with E-state index in [4.69, 9.17) is 5.73 Å². The Morgan fingerprint density at radius 1 is 1.03 bits per heavy atom. The van der Waals surface area contributed by atoms with Gasteiger partial charge in [0.05, 0.1) is 11.1 Å². The molecule has 1 aromatic heterocycles. The quantitative estimate of drug-likeness (QED) is 0.463. The van der Waals surface area contributed by atoms with Crippen molar-refractivity contribution in [3.63, 3.8) is 0 Å². The lowest BCUT2D eigenvalue weighted by atomic mass is 10.1. The normalized spacial score (nSPS) is 15.0. The number of rotatable bonds is 7.